The summed E-state index contributed by atoms with van der Waals surface area (Å²) in [7, 11) is 1.33. The van der Waals surface area contributed by atoms with Crippen LogP contribution in [0, 0.1) is 0 Å². The number of cyclic esters (lactones) is 1. The fraction of sp³-hybridized carbons (Fsp3) is 0.417. The van der Waals surface area contributed by atoms with Crippen molar-refractivity contribution in [2.45, 2.75) is 18.8 Å². The molecule has 0 radical (unpaired) electrons. The second-order valence-electron chi connectivity index (χ2n) is 4.07. The van der Waals surface area contributed by atoms with Crippen molar-refractivity contribution in [3.05, 3.63) is 23.8 Å². The Morgan fingerprint density at radius 3 is 2.75 bits per heavy atom. The van der Waals surface area contributed by atoms with Gasteiger partial charge >= 0.3 is 12.5 Å². The van der Waals surface area contributed by atoms with Gasteiger partial charge < -0.3 is 19.5 Å². The van der Waals surface area contributed by atoms with Gasteiger partial charge in [0.15, 0.2) is 0 Å². The van der Waals surface area contributed by atoms with E-state index in [9.17, 15) is 18.0 Å². The molecule has 1 amide bonds. The summed E-state index contributed by atoms with van der Waals surface area (Å²) in [6, 6.07) is 3.36. The summed E-state index contributed by atoms with van der Waals surface area (Å²) in [6.07, 6.45) is -4.83. The molecule has 0 spiro atoms. The first-order chi connectivity index (χ1) is 9.39. The number of hydrogen-bond acceptors (Lipinski definition) is 4. The van der Waals surface area contributed by atoms with Crippen molar-refractivity contribution in [2.24, 2.45) is 0 Å². The maximum Gasteiger partial charge on any atom is 0.573 e. The fourth-order valence-electron chi connectivity index (χ4n) is 1.94. The fourth-order valence-corrected chi connectivity index (χ4v) is 1.94. The minimum atomic E-state index is -4.76. The Morgan fingerprint density at radius 1 is 1.40 bits per heavy atom. The Hall–Kier alpha value is -2.12. The Labute approximate surface area is 112 Å². The van der Waals surface area contributed by atoms with Gasteiger partial charge in [-0.3, -0.25) is 0 Å². The van der Waals surface area contributed by atoms with Crippen LogP contribution < -0.4 is 14.8 Å². The Kier molecular flexibility index (Phi) is 3.91. The molecular formula is C12H12F3NO4. The lowest BCUT2D eigenvalue weighted by Crippen LogP contribution is -2.35. The van der Waals surface area contributed by atoms with Crippen LogP contribution in [0.5, 0.6) is 11.5 Å². The maximum atomic E-state index is 12.1. The van der Waals surface area contributed by atoms with Gasteiger partial charge in [0, 0.05) is 18.1 Å². The molecule has 0 saturated carbocycles. The average molecular weight is 291 g/mol. The van der Waals surface area contributed by atoms with Crippen LogP contribution in [0.25, 0.3) is 0 Å². The molecule has 20 heavy (non-hydrogen) atoms. The van der Waals surface area contributed by atoms with Crippen LogP contribution in [0.2, 0.25) is 0 Å². The van der Waals surface area contributed by atoms with Crippen molar-refractivity contribution in [3.63, 3.8) is 0 Å². The second kappa shape index (κ2) is 5.48. The van der Waals surface area contributed by atoms with Crippen molar-refractivity contribution >= 4 is 6.09 Å². The van der Waals surface area contributed by atoms with E-state index in [-0.39, 0.29) is 24.1 Å². The number of halogens is 3. The lowest BCUT2D eigenvalue weighted by atomic mass is 10.0. The van der Waals surface area contributed by atoms with Gasteiger partial charge in [0.25, 0.3) is 0 Å². The largest absolute Gasteiger partial charge is 0.573 e. The number of carbonyl (C=O) groups excluding carboxylic acids is 1. The average Bonchev–Trinajstić information content (AvgIpc) is 2.36. The predicted molar refractivity (Wildman–Crippen MR) is 61.5 cm³/mol. The number of rotatable bonds is 3. The van der Waals surface area contributed by atoms with E-state index >= 15 is 0 Å². The standard InChI is InChI=1S/C12H12F3NO4/c1-18-10-6-7(20-12(13,14)15)2-3-8(10)9-4-5-19-11(17)16-9/h2-3,6,9H,4-5H2,1H3,(H,16,17)/t9-/m0/s1. The van der Waals surface area contributed by atoms with Gasteiger partial charge in [-0.15, -0.1) is 13.2 Å². The van der Waals surface area contributed by atoms with E-state index in [1.165, 1.54) is 19.2 Å². The van der Waals surface area contributed by atoms with Crippen LogP contribution in [0.4, 0.5) is 18.0 Å². The summed E-state index contributed by atoms with van der Waals surface area (Å²) in [5.74, 6) is -0.171. The summed E-state index contributed by atoms with van der Waals surface area (Å²) in [6.45, 7) is 0.237. The minimum absolute atomic E-state index is 0.207. The summed E-state index contributed by atoms with van der Waals surface area (Å²) in [4.78, 5) is 11.2. The van der Waals surface area contributed by atoms with E-state index in [1.807, 2.05) is 0 Å². The van der Waals surface area contributed by atoms with Gasteiger partial charge in [-0.05, 0) is 12.1 Å². The van der Waals surface area contributed by atoms with Crippen molar-refractivity contribution in [2.75, 3.05) is 13.7 Å². The number of hydrogen-bond donors (Lipinski definition) is 1. The molecule has 8 heteroatoms. The number of nitrogens with one attached hydrogen (secondary N) is 1. The highest BCUT2D eigenvalue weighted by Crippen LogP contribution is 2.34. The zero-order valence-electron chi connectivity index (χ0n) is 10.5. The SMILES string of the molecule is COc1cc(OC(F)(F)F)ccc1[C@@H]1CCOC(=O)N1. The highest BCUT2D eigenvalue weighted by atomic mass is 19.4. The summed E-state index contributed by atoms with van der Waals surface area (Å²) >= 11 is 0. The molecule has 0 bridgehead atoms. The van der Waals surface area contributed by atoms with Gasteiger partial charge in [0.1, 0.15) is 11.5 Å². The summed E-state index contributed by atoms with van der Waals surface area (Å²) in [5, 5.41) is 2.57. The number of benzene rings is 1. The summed E-state index contributed by atoms with van der Waals surface area (Å²) in [5.41, 5.74) is 0.568. The van der Waals surface area contributed by atoms with Gasteiger partial charge in [0.2, 0.25) is 0 Å². The van der Waals surface area contributed by atoms with E-state index in [1.54, 1.807) is 0 Å². The van der Waals surface area contributed by atoms with Crippen LogP contribution in [0.15, 0.2) is 18.2 Å². The number of carbonyl (C=O) groups is 1. The monoisotopic (exact) mass is 291 g/mol. The van der Waals surface area contributed by atoms with Crippen LogP contribution in [-0.2, 0) is 4.74 Å². The number of alkyl carbamates (subject to hydrolysis) is 1. The summed E-state index contributed by atoms with van der Waals surface area (Å²) < 4.78 is 50.0. The molecule has 1 atom stereocenters. The first-order valence-electron chi connectivity index (χ1n) is 5.76. The molecule has 1 N–H and O–H groups in total. The molecule has 1 aromatic rings. The highest BCUT2D eigenvalue weighted by molar-refractivity contribution is 5.69. The molecule has 5 nitrogen and oxygen atoms in total. The van der Waals surface area contributed by atoms with Gasteiger partial charge in [0.05, 0.1) is 19.8 Å². The molecular weight excluding hydrogens is 279 g/mol. The van der Waals surface area contributed by atoms with Crippen LogP contribution in [-0.4, -0.2) is 26.2 Å². The third-order valence-corrected chi connectivity index (χ3v) is 2.75. The molecule has 1 fully saturated rings. The lowest BCUT2D eigenvalue weighted by Gasteiger charge is -2.25. The van der Waals surface area contributed by atoms with E-state index < -0.39 is 12.5 Å². The predicted octanol–water partition coefficient (Wildman–Crippen LogP) is 2.76. The zero-order valence-corrected chi connectivity index (χ0v) is 10.5. The molecule has 1 aliphatic heterocycles. The van der Waals surface area contributed by atoms with E-state index in [2.05, 4.69) is 10.1 Å². The van der Waals surface area contributed by atoms with Crippen LogP contribution >= 0.6 is 0 Å². The molecule has 0 unspecified atom stereocenters. The number of methoxy groups -OCH3 is 1. The first-order valence-corrected chi connectivity index (χ1v) is 5.76. The van der Waals surface area contributed by atoms with Crippen LogP contribution in [0.1, 0.15) is 18.0 Å². The molecule has 1 saturated heterocycles. The zero-order chi connectivity index (χ0) is 14.8. The third kappa shape index (κ3) is 3.46. The highest BCUT2D eigenvalue weighted by Gasteiger charge is 2.32. The maximum absolute atomic E-state index is 12.1. The molecule has 2 rings (SSSR count). The van der Waals surface area contributed by atoms with E-state index in [0.29, 0.717) is 12.0 Å². The molecule has 110 valence electrons. The van der Waals surface area contributed by atoms with E-state index in [0.717, 1.165) is 6.07 Å². The smallest absolute Gasteiger partial charge is 0.496 e. The third-order valence-electron chi connectivity index (χ3n) is 2.75. The van der Waals surface area contributed by atoms with E-state index in [4.69, 9.17) is 9.47 Å². The molecule has 1 aliphatic rings. The second-order valence-corrected chi connectivity index (χ2v) is 4.07. The minimum Gasteiger partial charge on any atom is -0.496 e. The Bertz CT molecular complexity index is 504. The lowest BCUT2D eigenvalue weighted by molar-refractivity contribution is -0.274. The molecule has 1 heterocycles. The quantitative estimate of drug-likeness (QED) is 0.930. The Morgan fingerprint density at radius 2 is 2.15 bits per heavy atom. The molecule has 1 aromatic carbocycles. The van der Waals surface area contributed by atoms with Gasteiger partial charge in [-0.1, -0.05) is 0 Å². The Balaban J connectivity index is 2.23. The van der Waals surface area contributed by atoms with Gasteiger partial charge in [-0.25, -0.2) is 4.79 Å². The topological polar surface area (TPSA) is 56.8 Å². The number of alkyl halides is 3. The molecule has 0 aliphatic carbocycles. The van der Waals surface area contributed by atoms with Crippen molar-refractivity contribution in [1.82, 2.24) is 5.32 Å². The van der Waals surface area contributed by atoms with Gasteiger partial charge in [-0.2, -0.15) is 0 Å². The normalized spacial score (nSPS) is 19.0. The first kappa shape index (κ1) is 14.3. The molecule has 0 aromatic heterocycles. The van der Waals surface area contributed by atoms with Crippen LogP contribution in [0.3, 0.4) is 0 Å². The van der Waals surface area contributed by atoms with Crippen molar-refractivity contribution in [1.29, 1.82) is 0 Å². The number of amides is 1. The number of ether oxygens (including phenoxy) is 3. The van der Waals surface area contributed by atoms with Crippen molar-refractivity contribution < 1.29 is 32.2 Å². The van der Waals surface area contributed by atoms with Crippen molar-refractivity contribution in [3.8, 4) is 11.5 Å².